The monoisotopic (exact) mass is 411 g/mol. The number of imide groups is 1. The molecule has 0 spiro atoms. The van der Waals surface area contributed by atoms with Gasteiger partial charge < -0.3 is 9.47 Å². The van der Waals surface area contributed by atoms with Crippen LogP contribution in [0.1, 0.15) is 5.56 Å². The van der Waals surface area contributed by atoms with Gasteiger partial charge in [0.25, 0.3) is 11.8 Å². The zero-order chi connectivity index (χ0) is 19.0. The zero-order valence-electron chi connectivity index (χ0n) is 13.7. The van der Waals surface area contributed by atoms with E-state index in [2.05, 4.69) is 0 Å². The van der Waals surface area contributed by atoms with Crippen molar-refractivity contribution < 1.29 is 19.1 Å². The van der Waals surface area contributed by atoms with Crippen LogP contribution in [0, 0.1) is 0 Å². The van der Waals surface area contributed by atoms with Crippen LogP contribution in [0.25, 0.3) is 5.57 Å². The molecule has 0 N–H and O–H groups in total. The Bertz CT molecular complexity index is 933. The van der Waals surface area contributed by atoms with Crippen LogP contribution in [0.2, 0.25) is 10.0 Å². The highest BCUT2D eigenvalue weighted by Crippen LogP contribution is 2.40. The maximum atomic E-state index is 13.0. The maximum absolute atomic E-state index is 13.0. The van der Waals surface area contributed by atoms with Crippen molar-refractivity contribution in [3.8, 4) is 11.5 Å². The second kappa shape index (κ2) is 7.19. The standard InChI is InChI=1S/C18H12Cl3NO4/c1-25-11-6-10(7-12(8-11)26-2)22-17(23)15(16(21)18(22)24)13-4-3-9(19)5-14(13)20/h3-8H,1-2H3. The molecule has 26 heavy (non-hydrogen) atoms. The lowest BCUT2D eigenvalue weighted by Gasteiger charge is -2.17. The van der Waals surface area contributed by atoms with E-state index in [1.165, 1.54) is 32.4 Å². The van der Waals surface area contributed by atoms with Crippen LogP contribution in [0.4, 0.5) is 5.69 Å². The molecule has 2 amide bonds. The Morgan fingerprint density at radius 1 is 0.846 bits per heavy atom. The molecule has 134 valence electrons. The molecule has 0 radical (unpaired) electrons. The largest absolute Gasteiger partial charge is 0.497 e. The first-order valence-electron chi connectivity index (χ1n) is 7.34. The van der Waals surface area contributed by atoms with Crippen LogP contribution in [0.15, 0.2) is 41.4 Å². The number of halogens is 3. The molecule has 0 fully saturated rings. The van der Waals surface area contributed by atoms with Crippen LogP contribution >= 0.6 is 34.8 Å². The Balaban J connectivity index is 2.09. The average Bonchev–Trinajstić information content (AvgIpc) is 2.84. The van der Waals surface area contributed by atoms with Gasteiger partial charge in [-0.25, -0.2) is 4.90 Å². The predicted octanol–water partition coefficient (Wildman–Crippen LogP) is 4.53. The molecule has 2 aromatic carbocycles. The molecule has 0 aromatic heterocycles. The van der Waals surface area contributed by atoms with Crippen molar-refractivity contribution in [2.45, 2.75) is 0 Å². The number of carbonyl (C=O) groups is 2. The fraction of sp³-hybridized carbons (Fsp3) is 0.111. The number of nitrogens with zero attached hydrogens (tertiary/aromatic N) is 1. The van der Waals surface area contributed by atoms with Gasteiger partial charge in [-0.1, -0.05) is 40.9 Å². The maximum Gasteiger partial charge on any atom is 0.277 e. The number of anilines is 1. The van der Waals surface area contributed by atoms with E-state index in [9.17, 15) is 9.59 Å². The number of carbonyl (C=O) groups excluding carboxylic acids is 2. The Morgan fingerprint density at radius 2 is 1.46 bits per heavy atom. The van der Waals surface area contributed by atoms with E-state index in [4.69, 9.17) is 44.3 Å². The molecular weight excluding hydrogens is 401 g/mol. The van der Waals surface area contributed by atoms with E-state index in [1.54, 1.807) is 18.2 Å². The quantitative estimate of drug-likeness (QED) is 0.692. The fourth-order valence-electron chi connectivity index (χ4n) is 2.58. The Morgan fingerprint density at radius 3 is 2.00 bits per heavy atom. The lowest BCUT2D eigenvalue weighted by atomic mass is 10.1. The van der Waals surface area contributed by atoms with Crippen molar-refractivity contribution in [1.82, 2.24) is 0 Å². The van der Waals surface area contributed by atoms with Crippen LogP contribution in [-0.2, 0) is 9.59 Å². The Labute approximate surface area is 164 Å². The Kier molecular flexibility index (Phi) is 5.14. The van der Waals surface area contributed by atoms with Crippen LogP contribution in [-0.4, -0.2) is 26.0 Å². The third kappa shape index (κ3) is 3.14. The molecule has 0 atom stereocenters. The molecule has 2 aromatic rings. The number of methoxy groups -OCH3 is 2. The SMILES string of the molecule is COc1cc(OC)cc(N2C(=O)C(Cl)=C(c3ccc(Cl)cc3Cl)C2=O)c1. The smallest absolute Gasteiger partial charge is 0.277 e. The van der Waals surface area contributed by atoms with Crippen LogP contribution in [0.3, 0.4) is 0 Å². The summed E-state index contributed by atoms with van der Waals surface area (Å²) >= 11 is 18.2. The van der Waals surface area contributed by atoms with Gasteiger partial charge >= 0.3 is 0 Å². The summed E-state index contributed by atoms with van der Waals surface area (Å²) in [4.78, 5) is 26.5. The van der Waals surface area contributed by atoms with Gasteiger partial charge in [-0.05, 0) is 12.1 Å². The number of amides is 2. The number of hydrogen-bond donors (Lipinski definition) is 0. The number of ether oxygens (including phenoxy) is 2. The van der Waals surface area contributed by atoms with E-state index < -0.39 is 11.8 Å². The minimum absolute atomic E-state index is 0.0140. The van der Waals surface area contributed by atoms with Crippen molar-refractivity contribution >= 4 is 57.9 Å². The van der Waals surface area contributed by atoms with Gasteiger partial charge in [-0.2, -0.15) is 0 Å². The number of rotatable bonds is 4. The molecule has 0 unspecified atom stereocenters. The third-order valence-electron chi connectivity index (χ3n) is 3.82. The lowest BCUT2D eigenvalue weighted by molar-refractivity contribution is -0.119. The Hall–Kier alpha value is -2.21. The summed E-state index contributed by atoms with van der Waals surface area (Å²) < 4.78 is 10.4. The van der Waals surface area contributed by atoms with Crippen molar-refractivity contribution in [3.05, 3.63) is 57.0 Å². The minimum Gasteiger partial charge on any atom is -0.497 e. The molecule has 0 saturated carbocycles. The van der Waals surface area contributed by atoms with Gasteiger partial charge in [-0.15, -0.1) is 0 Å². The van der Waals surface area contributed by atoms with Gasteiger partial charge in [0.05, 0.1) is 30.5 Å². The van der Waals surface area contributed by atoms with Crippen molar-refractivity contribution in [1.29, 1.82) is 0 Å². The molecule has 1 heterocycles. The van der Waals surface area contributed by atoms with Crippen LogP contribution < -0.4 is 14.4 Å². The average molecular weight is 413 g/mol. The van der Waals surface area contributed by atoms with E-state index >= 15 is 0 Å². The lowest BCUT2D eigenvalue weighted by Crippen LogP contribution is -2.31. The predicted molar refractivity (Wildman–Crippen MR) is 101 cm³/mol. The first-order chi connectivity index (χ1) is 12.4. The minimum atomic E-state index is -0.659. The van der Waals surface area contributed by atoms with Gasteiger partial charge in [0.15, 0.2) is 0 Å². The summed E-state index contributed by atoms with van der Waals surface area (Å²) in [6.07, 6.45) is 0. The van der Waals surface area contributed by atoms with Gasteiger partial charge in [0, 0.05) is 28.8 Å². The fourth-order valence-corrected chi connectivity index (χ4v) is 3.35. The van der Waals surface area contributed by atoms with Gasteiger partial charge in [0.1, 0.15) is 16.5 Å². The first-order valence-corrected chi connectivity index (χ1v) is 8.47. The van der Waals surface area contributed by atoms with E-state index in [0.29, 0.717) is 22.1 Å². The molecule has 8 heteroatoms. The molecule has 0 bridgehead atoms. The zero-order valence-corrected chi connectivity index (χ0v) is 15.9. The second-order valence-electron chi connectivity index (χ2n) is 5.33. The summed E-state index contributed by atoms with van der Waals surface area (Å²) in [5.74, 6) is -0.407. The summed E-state index contributed by atoms with van der Waals surface area (Å²) in [6, 6.07) is 9.28. The summed E-state index contributed by atoms with van der Waals surface area (Å²) in [5, 5.41) is 0.402. The normalized spacial score (nSPS) is 14.3. The topological polar surface area (TPSA) is 55.8 Å². The summed E-state index contributed by atoms with van der Waals surface area (Å²) in [5.41, 5.74) is 0.617. The molecule has 3 rings (SSSR count). The van der Waals surface area contributed by atoms with Crippen molar-refractivity contribution in [2.24, 2.45) is 0 Å². The molecule has 5 nitrogen and oxygen atoms in total. The molecule has 0 aliphatic carbocycles. The number of hydrogen-bond acceptors (Lipinski definition) is 4. The highest BCUT2D eigenvalue weighted by molar-refractivity contribution is 6.61. The first kappa shape index (κ1) is 18.6. The number of benzene rings is 2. The van der Waals surface area contributed by atoms with Gasteiger partial charge in [0.2, 0.25) is 0 Å². The van der Waals surface area contributed by atoms with Gasteiger partial charge in [-0.3, -0.25) is 9.59 Å². The molecule has 1 aliphatic rings. The summed E-state index contributed by atoms with van der Waals surface area (Å²) in [6.45, 7) is 0. The molecule has 0 saturated heterocycles. The third-order valence-corrected chi connectivity index (χ3v) is 4.72. The van der Waals surface area contributed by atoms with E-state index in [-0.39, 0.29) is 21.3 Å². The highest BCUT2D eigenvalue weighted by atomic mass is 35.5. The molecular formula is C18H12Cl3NO4. The van der Waals surface area contributed by atoms with E-state index in [0.717, 1.165) is 4.90 Å². The van der Waals surface area contributed by atoms with Crippen molar-refractivity contribution in [2.75, 3.05) is 19.1 Å². The van der Waals surface area contributed by atoms with Crippen LogP contribution in [0.5, 0.6) is 11.5 Å². The van der Waals surface area contributed by atoms with E-state index in [1.807, 2.05) is 0 Å². The second-order valence-corrected chi connectivity index (χ2v) is 6.55. The van der Waals surface area contributed by atoms with Crippen molar-refractivity contribution in [3.63, 3.8) is 0 Å². The highest BCUT2D eigenvalue weighted by Gasteiger charge is 2.40. The molecule has 1 aliphatic heterocycles. The summed E-state index contributed by atoms with van der Waals surface area (Å²) in [7, 11) is 2.94.